The van der Waals surface area contributed by atoms with Crippen LogP contribution in [-0.4, -0.2) is 38.1 Å². The molecule has 0 aromatic rings. The Hall–Kier alpha value is -1.25. The van der Waals surface area contributed by atoms with E-state index in [4.69, 9.17) is 0 Å². The lowest BCUT2D eigenvalue weighted by Gasteiger charge is -2.10. The van der Waals surface area contributed by atoms with Crippen LogP contribution < -0.4 is 0 Å². The molecular weight excluding hydrogens is 258 g/mol. The molecule has 3 nitrogen and oxygen atoms in total. The van der Waals surface area contributed by atoms with Gasteiger partial charge in [-0.1, -0.05) is 6.58 Å². The molecule has 0 aliphatic heterocycles. The molecule has 0 heterocycles. The average Bonchev–Trinajstić information content (AvgIpc) is 2.10. The third-order valence-corrected chi connectivity index (χ3v) is 1.20. The molecule has 17 heavy (non-hydrogen) atoms. The first kappa shape index (κ1) is 15.8. The van der Waals surface area contributed by atoms with Crippen molar-refractivity contribution < 1.29 is 40.6 Å². The summed E-state index contributed by atoms with van der Waals surface area (Å²) in [4.78, 5) is 10.8. The van der Waals surface area contributed by atoms with Crippen molar-refractivity contribution >= 4 is 5.97 Å². The number of hydrogen-bond donors (Lipinski definition) is 0. The van der Waals surface area contributed by atoms with Crippen molar-refractivity contribution in [1.82, 2.24) is 0 Å². The Morgan fingerprint density at radius 3 is 1.88 bits per heavy atom. The maximum atomic E-state index is 11.6. The van der Waals surface area contributed by atoms with E-state index in [1.165, 1.54) is 0 Å². The largest absolute Gasteiger partial charge is 0.453 e. The first-order valence-corrected chi connectivity index (χ1v) is 4.07. The van der Waals surface area contributed by atoms with Gasteiger partial charge < -0.3 is 9.47 Å². The maximum Gasteiger partial charge on any atom is 0.422 e. The first-order valence-electron chi connectivity index (χ1n) is 4.07. The fourth-order valence-electron chi connectivity index (χ4n) is 0.598. The molecule has 0 aromatic heterocycles. The van der Waals surface area contributed by atoms with E-state index in [1.54, 1.807) is 0 Å². The minimum atomic E-state index is -4.71. The molecule has 0 aliphatic rings. The molecule has 0 bridgehead atoms. The molecule has 0 N–H and O–H groups in total. The van der Waals surface area contributed by atoms with Crippen LogP contribution in [0.25, 0.3) is 0 Å². The lowest BCUT2D eigenvalue weighted by molar-refractivity contribution is -0.185. The highest BCUT2D eigenvalue weighted by Gasteiger charge is 2.30. The zero-order valence-corrected chi connectivity index (χ0v) is 8.32. The quantitative estimate of drug-likeness (QED) is 0.435. The van der Waals surface area contributed by atoms with Gasteiger partial charge in [-0.25, -0.2) is 4.79 Å². The van der Waals surface area contributed by atoms with E-state index in [9.17, 15) is 31.1 Å². The van der Waals surface area contributed by atoms with E-state index >= 15 is 0 Å². The second kappa shape index (κ2) is 5.89. The molecule has 9 heteroatoms. The zero-order chi connectivity index (χ0) is 13.7. The Bertz CT molecular complexity index is 280. The smallest absolute Gasteiger partial charge is 0.422 e. The second-order valence-electron chi connectivity index (χ2n) is 2.90. The van der Waals surface area contributed by atoms with Crippen LogP contribution in [0.15, 0.2) is 12.2 Å². The fraction of sp³-hybridized carbons (Fsp3) is 0.625. The van der Waals surface area contributed by atoms with Crippen LogP contribution >= 0.6 is 0 Å². The van der Waals surface area contributed by atoms with Crippen LogP contribution in [0, 0.1) is 0 Å². The van der Waals surface area contributed by atoms with Crippen molar-refractivity contribution in [2.24, 2.45) is 0 Å². The lowest BCUT2D eigenvalue weighted by Crippen LogP contribution is -2.23. The third-order valence-electron chi connectivity index (χ3n) is 1.20. The highest BCUT2D eigenvalue weighted by molar-refractivity contribution is 5.87. The van der Waals surface area contributed by atoms with Crippen molar-refractivity contribution in [2.45, 2.75) is 12.4 Å². The number of halogens is 6. The monoisotopic (exact) mass is 266 g/mol. The van der Waals surface area contributed by atoms with Gasteiger partial charge >= 0.3 is 18.3 Å². The number of carbonyl (C=O) groups is 1. The summed E-state index contributed by atoms with van der Waals surface area (Å²) in [6.07, 6.45) is -9.29. The summed E-state index contributed by atoms with van der Waals surface area (Å²) in [7, 11) is 0. The summed E-state index contributed by atoms with van der Waals surface area (Å²) in [5.74, 6) is -1.45. The van der Waals surface area contributed by atoms with Crippen molar-refractivity contribution in [3.63, 3.8) is 0 Å². The Morgan fingerprint density at radius 2 is 1.47 bits per heavy atom. The van der Waals surface area contributed by atoms with Crippen molar-refractivity contribution in [1.29, 1.82) is 0 Å². The Morgan fingerprint density at radius 1 is 1.00 bits per heavy atom. The summed E-state index contributed by atoms with van der Waals surface area (Å²) < 4.78 is 77.3. The second-order valence-corrected chi connectivity index (χ2v) is 2.90. The average molecular weight is 266 g/mol. The van der Waals surface area contributed by atoms with E-state index in [0.29, 0.717) is 0 Å². The Labute approximate surface area is 92.0 Å². The Balaban J connectivity index is 3.88. The summed E-state index contributed by atoms with van der Waals surface area (Å²) >= 11 is 0. The predicted molar refractivity (Wildman–Crippen MR) is 43.0 cm³/mol. The summed E-state index contributed by atoms with van der Waals surface area (Å²) in [6.45, 7) is -1.37. The van der Waals surface area contributed by atoms with Gasteiger partial charge in [0.15, 0.2) is 6.61 Å². The van der Waals surface area contributed by atoms with Gasteiger partial charge in [-0.3, -0.25) is 0 Å². The molecule has 0 fully saturated rings. The molecule has 0 aliphatic carbocycles. The summed E-state index contributed by atoms with van der Waals surface area (Å²) in [5.41, 5.74) is -0.626. The van der Waals surface area contributed by atoms with Crippen LogP contribution in [0.2, 0.25) is 0 Å². The van der Waals surface area contributed by atoms with Crippen LogP contribution in [0.5, 0.6) is 0 Å². The van der Waals surface area contributed by atoms with Gasteiger partial charge in [-0.05, 0) is 0 Å². The Kier molecular flexibility index (Phi) is 5.46. The molecule has 0 amide bonds. The van der Waals surface area contributed by atoms with Crippen LogP contribution in [0.1, 0.15) is 0 Å². The SMILES string of the molecule is C=C(COCC(F)(F)F)C(=O)OCC(F)(F)F. The fourth-order valence-corrected chi connectivity index (χ4v) is 0.598. The molecule has 0 unspecified atom stereocenters. The van der Waals surface area contributed by atoms with Gasteiger partial charge in [0.05, 0.1) is 12.2 Å². The molecule has 0 aromatic carbocycles. The molecule has 0 saturated heterocycles. The minimum Gasteiger partial charge on any atom is -0.453 e. The van der Waals surface area contributed by atoms with Crippen molar-refractivity contribution in [2.75, 3.05) is 19.8 Å². The first-order chi connectivity index (χ1) is 7.51. The maximum absolute atomic E-state index is 11.6. The third kappa shape index (κ3) is 9.67. The normalized spacial score (nSPS) is 12.4. The van der Waals surface area contributed by atoms with Crippen LogP contribution in [0.3, 0.4) is 0 Å². The zero-order valence-electron chi connectivity index (χ0n) is 8.32. The molecule has 0 radical (unpaired) electrons. The summed E-state index contributed by atoms with van der Waals surface area (Å²) in [5, 5.41) is 0. The number of alkyl halides is 6. The predicted octanol–water partition coefficient (Wildman–Crippen LogP) is 2.23. The standard InChI is InChI=1S/C8H8F6O3/c1-5(2-16-3-7(9,10)11)6(15)17-4-8(12,13)14/h1-4H2. The van der Waals surface area contributed by atoms with E-state index in [2.05, 4.69) is 16.1 Å². The molecule has 0 atom stereocenters. The molecule has 0 spiro atoms. The van der Waals surface area contributed by atoms with E-state index in [-0.39, 0.29) is 0 Å². The molecule has 0 saturated carbocycles. The molecule has 100 valence electrons. The number of hydrogen-bond acceptors (Lipinski definition) is 3. The number of esters is 1. The van der Waals surface area contributed by atoms with E-state index < -0.39 is 43.7 Å². The van der Waals surface area contributed by atoms with Crippen molar-refractivity contribution in [3.05, 3.63) is 12.2 Å². The van der Waals surface area contributed by atoms with Gasteiger partial charge in [0.25, 0.3) is 0 Å². The molecular formula is C8H8F6O3. The lowest BCUT2D eigenvalue weighted by atomic mass is 10.3. The number of ether oxygens (including phenoxy) is 2. The van der Waals surface area contributed by atoms with Gasteiger partial charge in [0, 0.05) is 0 Å². The van der Waals surface area contributed by atoms with Gasteiger partial charge in [-0.2, -0.15) is 26.3 Å². The van der Waals surface area contributed by atoms with Gasteiger partial charge in [0.1, 0.15) is 6.61 Å². The van der Waals surface area contributed by atoms with E-state index in [1.807, 2.05) is 0 Å². The van der Waals surface area contributed by atoms with E-state index in [0.717, 1.165) is 0 Å². The number of carbonyl (C=O) groups excluding carboxylic acids is 1. The number of rotatable bonds is 5. The highest BCUT2D eigenvalue weighted by atomic mass is 19.4. The molecule has 0 rings (SSSR count). The topological polar surface area (TPSA) is 35.5 Å². The minimum absolute atomic E-state index is 0.626. The van der Waals surface area contributed by atoms with Crippen LogP contribution in [0.4, 0.5) is 26.3 Å². The van der Waals surface area contributed by atoms with Gasteiger partial charge in [0.2, 0.25) is 0 Å². The van der Waals surface area contributed by atoms with Crippen LogP contribution in [-0.2, 0) is 14.3 Å². The van der Waals surface area contributed by atoms with Gasteiger partial charge in [-0.15, -0.1) is 0 Å². The summed E-state index contributed by atoms with van der Waals surface area (Å²) in [6, 6.07) is 0. The van der Waals surface area contributed by atoms with Crippen molar-refractivity contribution in [3.8, 4) is 0 Å². The highest BCUT2D eigenvalue weighted by Crippen LogP contribution is 2.16.